The topological polar surface area (TPSA) is 68.8 Å². The summed E-state index contributed by atoms with van der Waals surface area (Å²) in [5.41, 5.74) is 15.1. The van der Waals surface area contributed by atoms with Crippen molar-refractivity contribution in [1.82, 2.24) is 24.1 Å². The molecule has 328 valence electrons. The minimum Gasteiger partial charge on any atom is -0.507 e. The maximum Gasteiger partial charge on any atom is 0.164 e. The van der Waals surface area contributed by atoms with E-state index < -0.39 is 0 Å². The largest absolute Gasteiger partial charge is 0.507 e. The lowest BCUT2D eigenvalue weighted by Gasteiger charge is -2.11. The van der Waals surface area contributed by atoms with Gasteiger partial charge in [-0.1, -0.05) is 151 Å². The zero-order valence-electron chi connectivity index (χ0n) is 37.8. The SMILES string of the molecule is Oc1ccc(-c2nc(-c3ccccc3)nc(-c3ccccc3)n2)cc1C1=CC(c2ccc3c(c2)c2cc(-c4ccc5c(c4)c4ccccc4n5-c4ccccc4)ccc2n3-c2ccccc2)=CCC#C1. The lowest BCUT2D eigenvalue weighted by molar-refractivity contribution is 0.474. The third-order valence-electron chi connectivity index (χ3n) is 13.3. The van der Waals surface area contributed by atoms with Gasteiger partial charge in [0.2, 0.25) is 0 Å². The van der Waals surface area contributed by atoms with E-state index >= 15 is 0 Å². The molecule has 70 heavy (non-hydrogen) atoms. The summed E-state index contributed by atoms with van der Waals surface area (Å²) in [6.07, 6.45) is 4.83. The number of benzene rings is 9. The number of nitrogens with zero attached hydrogens (tertiary/aromatic N) is 5. The molecule has 0 unspecified atom stereocenters. The molecular weight excluding hydrogens is 855 g/mol. The number of phenols is 1. The first-order chi connectivity index (χ1) is 34.6. The van der Waals surface area contributed by atoms with E-state index in [-0.39, 0.29) is 5.75 Å². The van der Waals surface area contributed by atoms with Crippen LogP contribution in [0, 0.1) is 11.8 Å². The van der Waals surface area contributed by atoms with Crippen LogP contribution in [0.15, 0.2) is 231 Å². The summed E-state index contributed by atoms with van der Waals surface area (Å²) < 4.78 is 4.72. The number of phenolic OH excluding ortho intramolecular Hbond substituents is 1. The Labute approximate surface area is 404 Å². The van der Waals surface area contributed by atoms with E-state index in [1.165, 1.54) is 21.8 Å². The molecule has 13 rings (SSSR count). The second kappa shape index (κ2) is 16.9. The number of rotatable bonds is 8. The maximum atomic E-state index is 11.5. The summed E-state index contributed by atoms with van der Waals surface area (Å²) >= 11 is 0. The fourth-order valence-corrected chi connectivity index (χ4v) is 9.98. The molecule has 1 N–H and O–H groups in total. The fourth-order valence-electron chi connectivity index (χ4n) is 9.98. The van der Waals surface area contributed by atoms with Crippen molar-refractivity contribution in [2.75, 3.05) is 0 Å². The van der Waals surface area contributed by atoms with Crippen LogP contribution in [0.3, 0.4) is 0 Å². The van der Waals surface area contributed by atoms with Crippen molar-refractivity contribution in [3.05, 3.63) is 242 Å². The number of aromatic hydroxyl groups is 1. The molecule has 3 aromatic heterocycles. The highest BCUT2D eigenvalue weighted by atomic mass is 16.3. The highest BCUT2D eigenvalue weighted by molar-refractivity contribution is 6.13. The predicted octanol–water partition coefficient (Wildman–Crippen LogP) is 15.3. The number of hydrogen-bond donors (Lipinski definition) is 1. The van der Waals surface area contributed by atoms with E-state index in [1.54, 1.807) is 6.07 Å². The van der Waals surface area contributed by atoms with Gasteiger partial charge in [-0.2, -0.15) is 0 Å². The molecule has 1 aliphatic rings. The lowest BCUT2D eigenvalue weighted by atomic mass is 9.96. The summed E-state index contributed by atoms with van der Waals surface area (Å²) in [6, 6.07) is 75.7. The van der Waals surface area contributed by atoms with Crippen LogP contribution in [0.4, 0.5) is 0 Å². The Hall–Kier alpha value is -9.57. The van der Waals surface area contributed by atoms with Crippen molar-refractivity contribution < 1.29 is 5.11 Å². The number of allylic oxidation sites excluding steroid dienone is 4. The average Bonchev–Trinajstić information content (AvgIpc) is 3.81. The average molecular weight is 896 g/mol. The van der Waals surface area contributed by atoms with Gasteiger partial charge >= 0.3 is 0 Å². The van der Waals surface area contributed by atoms with Crippen LogP contribution >= 0.6 is 0 Å². The molecule has 0 bridgehead atoms. The van der Waals surface area contributed by atoms with Crippen molar-refractivity contribution in [1.29, 1.82) is 0 Å². The normalized spacial score (nSPS) is 12.5. The number of fused-ring (bicyclic) bond motifs is 6. The quantitative estimate of drug-likeness (QED) is 0.154. The van der Waals surface area contributed by atoms with Crippen LogP contribution < -0.4 is 0 Å². The monoisotopic (exact) mass is 895 g/mol. The molecule has 9 aromatic carbocycles. The first kappa shape index (κ1) is 40.7. The Bertz CT molecular complexity index is 4080. The van der Waals surface area contributed by atoms with Gasteiger partial charge < -0.3 is 14.2 Å². The van der Waals surface area contributed by atoms with E-state index in [9.17, 15) is 5.11 Å². The van der Waals surface area contributed by atoms with Crippen LogP contribution in [0.5, 0.6) is 5.75 Å². The van der Waals surface area contributed by atoms with Gasteiger partial charge in [-0.25, -0.2) is 15.0 Å². The van der Waals surface area contributed by atoms with Gasteiger partial charge in [-0.05, 0) is 113 Å². The van der Waals surface area contributed by atoms with E-state index in [4.69, 9.17) is 15.0 Å². The van der Waals surface area contributed by atoms with E-state index in [2.05, 4.69) is 173 Å². The first-order valence-corrected chi connectivity index (χ1v) is 23.5. The smallest absolute Gasteiger partial charge is 0.164 e. The van der Waals surface area contributed by atoms with Crippen molar-refractivity contribution in [2.45, 2.75) is 6.42 Å². The van der Waals surface area contributed by atoms with Crippen molar-refractivity contribution in [3.8, 4) is 74.3 Å². The Balaban J connectivity index is 0.921. The summed E-state index contributed by atoms with van der Waals surface area (Å²) in [6.45, 7) is 0. The zero-order chi connectivity index (χ0) is 46.5. The van der Waals surface area contributed by atoms with E-state index in [0.717, 1.165) is 72.1 Å². The van der Waals surface area contributed by atoms with E-state index in [0.29, 0.717) is 35.0 Å². The molecular formula is C64H41N5O. The Morgan fingerprint density at radius 3 is 1.40 bits per heavy atom. The van der Waals surface area contributed by atoms with Crippen LogP contribution in [0.25, 0.3) is 111 Å². The highest BCUT2D eigenvalue weighted by Gasteiger charge is 2.19. The van der Waals surface area contributed by atoms with Crippen LogP contribution in [0.1, 0.15) is 17.5 Å². The molecule has 0 amide bonds. The van der Waals surface area contributed by atoms with Crippen LogP contribution in [-0.4, -0.2) is 29.2 Å². The molecule has 0 fully saturated rings. The second-order valence-corrected chi connectivity index (χ2v) is 17.5. The molecule has 6 heteroatoms. The number of hydrogen-bond acceptors (Lipinski definition) is 4. The second-order valence-electron chi connectivity index (χ2n) is 17.5. The molecule has 0 aliphatic heterocycles. The van der Waals surface area contributed by atoms with Gasteiger partial charge in [-0.15, -0.1) is 0 Å². The summed E-state index contributed by atoms with van der Waals surface area (Å²) in [5, 5.41) is 16.3. The van der Waals surface area contributed by atoms with Gasteiger partial charge in [-0.3, -0.25) is 0 Å². The van der Waals surface area contributed by atoms with Gasteiger partial charge in [0.25, 0.3) is 0 Å². The van der Waals surface area contributed by atoms with E-state index in [1.807, 2.05) is 72.8 Å². The van der Waals surface area contributed by atoms with Crippen LogP contribution in [-0.2, 0) is 0 Å². The molecule has 12 aromatic rings. The van der Waals surface area contributed by atoms with Gasteiger partial charge in [0.1, 0.15) is 5.75 Å². The molecule has 3 heterocycles. The number of aromatic nitrogens is 5. The standard InChI is InChI=1S/C64H41N5O/c70-61-36-32-49(64-66-62(42-17-5-1-6-18-42)65-63(67-64)43-19-7-2-8-20-43)41-53(61)48-22-14-13-21-44(37-48)45-29-34-59-55(39-45)56-40-47(31-35-60(56)69(59)51-25-11-4-12-26-51)46-30-33-58-54(38-46)52-27-15-16-28-57(52)68(58)50-23-9-3-10-24-50/h1-12,15-21,23-41,70H,13H2. The Morgan fingerprint density at radius 1 is 0.386 bits per heavy atom. The maximum absolute atomic E-state index is 11.5. The highest BCUT2D eigenvalue weighted by Crippen LogP contribution is 2.40. The van der Waals surface area contributed by atoms with Gasteiger partial charge in [0, 0.05) is 67.2 Å². The third kappa shape index (κ3) is 7.13. The molecule has 0 spiro atoms. The number of para-hydroxylation sites is 3. The predicted molar refractivity (Wildman–Crippen MR) is 287 cm³/mol. The minimum atomic E-state index is 0.128. The Kier molecular flexibility index (Phi) is 9.85. The van der Waals surface area contributed by atoms with Crippen LogP contribution in [0.2, 0.25) is 0 Å². The molecule has 0 saturated carbocycles. The zero-order valence-corrected chi connectivity index (χ0v) is 37.8. The molecule has 0 saturated heterocycles. The Morgan fingerprint density at radius 2 is 0.829 bits per heavy atom. The molecule has 6 nitrogen and oxygen atoms in total. The van der Waals surface area contributed by atoms with Gasteiger partial charge in [0.05, 0.1) is 22.1 Å². The van der Waals surface area contributed by atoms with Crippen molar-refractivity contribution >= 4 is 54.8 Å². The van der Waals surface area contributed by atoms with Crippen molar-refractivity contribution in [3.63, 3.8) is 0 Å². The first-order valence-electron chi connectivity index (χ1n) is 23.5. The molecule has 0 radical (unpaired) electrons. The van der Waals surface area contributed by atoms with Gasteiger partial charge in [0.15, 0.2) is 17.5 Å². The molecule has 0 atom stereocenters. The minimum absolute atomic E-state index is 0.128. The summed E-state index contributed by atoms with van der Waals surface area (Å²) in [4.78, 5) is 14.8. The summed E-state index contributed by atoms with van der Waals surface area (Å²) in [7, 11) is 0. The molecule has 1 aliphatic carbocycles. The lowest BCUT2D eigenvalue weighted by Crippen LogP contribution is -2.00. The van der Waals surface area contributed by atoms with Crippen molar-refractivity contribution in [2.24, 2.45) is 0 Å². The third-order valence-corrected chi connectivity index (χ3v) is 13.3. The fraction of sp³-hybridized carbons (Fsp3) is 0.0156. The summed E-state index contributed by atoms with van der Waals surface area (Å²) in [5.74, 6) is 8.50.